The minimum absolute atomic E-state index is 0.335. The highest BCUT2D eigenvalue weighted by atomic mass is 16.3. The molecule has 1 N–H and O–H groups in total. The number of nitrogens with zero attached hydrogens (tertiary/aromatic N) is 3. The number of aryl methyl sites for hydroxylation is 1. The maximum Gasteiger partial charge on any atom is 0.0923 e. The largest absolute Gasteiger partial charge is 0.387 e. The van der Waals surface area contributed by atoms with Crippen LogP contribution in [0.25, 0.3) is 0 Å². The lowest BCUT2D eigenvalue weighted by atomic mass is 9.83. The van der Waals surface area contributed by atoms with Gasteiger partial charge in [-0.15, -0.1) is 0 Å². The van der Waals surface area contributed by atoms with E-state index in [1.165, 1.54) is 5.56 Å². The predicted octanol–water partition coefficient (Wildman–Crippen LogP) is 1.11. The third-order valence-corrected chi connectivity index (χ3v) is 3.49. The number of rotatable bonds is 4. The van der Waals surface area contributed by atoms with Gasteiger partial charge in [-0.2, -0.15) is 5.10 Å². The van der Waals surface area contributed by atoms with Crippen LogP contribution >= 0.6 is 0 Å². The topological polar surface area (TPSA) is 41.3 Å². The Morgan fingerprint density at radius 3 is 2.69 bits per heavy atom. The lowest BCUT2D eigenvalue weighted by Gasteiger charge is -2.49. The summed E-state index contributed by atoms with van der Waals surface area (Å²) in [5.74, 6) is 0.335. The highest BCUT2D eigenvalue weighted by Gasteiger charge is 2.43. The van der Waals surface area contributed by atoms with E-state index in [0.29, 0.717) is 5.92 Å². The van der Waals surface area contributed by atoms with E-state index in [0.717, 1.165) is 26.2 Å². The van der Waals surface area contributed by atoms with Crippen LogP contribution in [0.2, 0.25) is 0 Å². The molecule has 0 amide bonds. The van der Waals surface area contributed by atoms with E-state index < -0.39 is 5.60 Å². The maximum atomic E-state index is 10.1. The van der Waals surface area contributed by atoms with Gasteiger partial charge in [0.05, 0.1) is 11.8 Å². The molecule has 4 heteroatoms. The standard InChI is InChI=1S/C12H21N3O/c1-4-15-7-11(5-13-15)6-14-8-12(16,9-14)10(2)3/h5,7,10,16H,4,6,8-9H2,1-3H3. The molecule has 0 bridgehead atoms. The molecule has 0 saturated carbocycles. The van der Waals surface area contributed by atoms with E-state index in [4.69, 9.17) is 0 Å². The molecule has 1 aromatic heterocycles. The highest BCUT2D eigenvalue weighted by Crippen LogP contribution is 2.29. The molecule has 1 aliphatic heterocycles. The molecule has 0 aromatic carbocycles. The quantitative estimate of drug-likeness (QED) is 0.831. The van der Waals surface area contributed by atoms with Gasteiger partial charge in [0.2, 0.25) is 0 Å². The number of likely N-dealkylation sites (tertiary alicyclic amines) is 1. The van der Waals surface area contributed by atoms with Crippen molar-refractivity contribution in [3.8, 4) is 0 Å². The van der Waals surface area contributed by atoms with Gasteiger partial charge in [0.25, 0.3) is 0 Å². The summed E-state index contributed by atoms with van der Waals surface area (Å²) in [6, 6.07) is 0. The third-order valence-electron chi connectivity index (χ3n) is 3.49. The van der Waals surface area contributed by atoms with Crippen LogP contribution in [0.4, 0.5) is 0 Å². The van der Waals surface area contributed by atoms with E-state index >= 15 is 0 Å². The van der Waals surface area contributed by atoms with Gasteiger partial charge in [0.15, 0.2) is 0 Å². The van der Waals surface area contributed by atoms with Crippen LogP contribution in [-0.4, -0.2) is 38.5 Å². The zero-order valence-corrected chi connectivity index (χ0v) is 10.3. The number of β-amino-alcohol motifs (C(OH)–C–C–N with tert-alkyl or cyclic N) is 1. The Hall–Kier alpha value is -0.870. The van der Waals surface area contributed by atoms with Crippen LogP contribution in [0.15, 0.2) is 12.4 Å². The van der Waals surface area contributed by atoms with Gasteiger partial charge >= 0.3 is 0 Å². The first-order valence-electron chi connectivity index (χ1n) is 5.99. The first-order valence-corrected chi connectivity index (χ1v) is 5.99. The number of hydrogen-bond acceptors (Lipinski definition) is 3. The van der Waals surface area contributed by atoms with Crippen molar-refractivity contribution >= 4 is 0 Å². The molecule has 0 unspecified atom stereocenters. The minimum Gasteiger partial charge on any atom is -0.387 e. The van der Waals surface area contributed by atoms with Crippen molar-refractivity contribution in [3.05, 3.63) is 18.0 Å². The molecular weight excluding hydrogens is 202 g/mol. The van der Waals surface area contributed by atoms with Crippen LogP contribution in [0.1, 0.15) is 26.3 Å². The van der Waals surface area contributed by atoms with Crippen molar-refractivity contribution in [1.29, 1.82) is 0 Å². The fraction of sp³-hybridized carbons (Fsp3) is 0.750. The molecule has 2 heterocycles. The van der Waals surface area contributed by atoms with Gasteiger partial charge in [0, 0.05) is 37.9 Å². The Morgan fingerprint density at radius 2 is 2.19 bits per heavy atom. The maximum absolute atomic E-state index is 10.1. The zero-order valence-electron chi connectivity index (χ0n) is 10.3. The number of aliphatic hydroxyl groups is 1. The molecule has 0 radical (unpaired) electrons. The van der Waals surface area contributed by atoms with Gasteiger partial charge in [-0.3, -0.25) is 9.58 Å². The lowest BCUT2D eigenvalue weighted by Crippen LogP contribution is -2.63. The van der Waals surface area contributed by atoms with Crippen LogP contribution in [0, 0.1) is 5.92 Å². The molecule has 1 aliphatic rings. The van der Waals surface area contributed by atoms with Gasteiger partial charge < -0.3 is 5.11 Å². The Labute approximate surface area is 96.9 Å². The van der Waals surface area contributed by atoms with Crippen molar-refractivity contribution in [2.45, 2.75) is 39.5 Å². The normalized spacial score (nSPS) is 20.1. The van der Waals surface area contributed by atoms with Crippen LogP contribution < -0.4 is 0 Å². The summed E-state index contributed by atoms with van der Waals surface area (Å²) in [4.78, 5) is 2.26. The Bertz CT molecular complexity index is 353. The van der Waals surface area contributed by atoms with Crippen molar-refractivity contribution < 1.29 is 5.11 Å². The van der Waals surface area contributed by atoms with E-state index in [-0.39, 0.29) is 0 Å². The van der Waals surface area contributed by atoms with Crippen molar-refractivity contribution in [2.75, 3.05) is 13.1 Å². The smallest absolute Gasteiger partial charge is 0.0923 e. The van der Waals surface area contributed by atoms with Gasteiger partial charge in [-0.1, -0.05) is 13.8 Å². The minimum atomic E-state index is -0.471. The van der Waals surface area contributed by atoms with Crippen molar-refractivity contribution in [3.63, 3.8) is 0 Å². The van der Waals surface area contributed by atoms with Gasteiger partial charge in [0.1, 0.15) is 0 Å². The summed E-state index contributed by atoms with van der Waals surface area (Å²) in [7, 11) is 0. The summed E-state index contributed by atoms with van der Waals surface area (Å²) >= 11 is 0. The zero-order chi connectivity index (χ0) is 11.8. The summed E-state index contributed by atoms with van der Waals surface area (Å²) < 4.78 is 1.93. The van der Waals surface area contributed by atoms with E-state index in [2.05, 4.69) is 37.0 Å². The Kier molecular flexibility index (Phi) is 3.04. The summed E-state index contributed by atoms with van der Waals surface area (Å²) in [6.07, 6.45) is 3.99. The molecule has 0 spiro atoms. The SMILES string of the molecule is CCn1cc(CN2CC(O)(C(C)C)C2)cn1. The molecule has 1 fully saturated rings. The highest BCUT2D eigenvalue weighted by molar-refractivity contribution is 5.07. The van der Waals surface area contributed by atoms with E-state index in [1.807, 2.05) is 10.9 Å². The van der Waals surface area contributed by atoms with Gasteiger partial charge in [-0.25, -0.2) is 0 Å². The number of hydrogen-bond donors (Lipinski definition) is 1. The third kappa shape index (κ3) is 2.13. The summed E-state index contributed by atoms with van der Waals surface area (Å²) in [6.45, 7) is 9.60. The monoisotopic (exact) mass is 223 g/mol. The van der Waals surface area contributed by atoms with Crippen LogP contribution in [0.5, 0.6) is 0 Å². The lowest BCUT2D eigenvalue weighted by molar-refractivity contribution is -0.130. The second kappa shape index (κ2) is 4.18. The molecule has 4 nitrogen and oxygen atoms in total. The number of aromatic nitrogens is 2. The van der Waals surface area contributed by atoms with Gasteiger partial charge in [-0.05, 0) is 12.8 Å². The van der Waals surface area contributed by atoms with E-state index in [9.17, 15) is 5.11 Å². The summed E-state index contributed by atoms with van der Waals surface area (Å²) in [5.41, 5.74) is 0.758. The first kappa shape index (κ1) is 11.6. The fourth-order valence-corrected chi connectivity index (χ4v) is 2.12. The molecule has 90 valence electrons. The molecule has 1 saturated heterocycles. The van der Waals surface area contributed by atoms with Crippen molar-refractivity contribution in [1.82, 2.24) is 14.7 Å². The van der Waals surface area contributed by atoms with E-state index in [1.54, 1.807) is 0 Å². The second-order valence-corrected chi connectivity index (χ2v) is 5.11. The molecule has 2 rings (SSSR count). The van der Waals surface area contributed by atoms with Crippen LogP contribution in [0.3, 0.4) is 0 Å². The second-order valence-electron chi connectivity index (χ2n) is 5.11. The average Bonchev–Trinajstić information content (AvgIpc) is 2.62. The van der Waals surface area contributed by atoms with Crippen molar-refractivity contribution in [2.24, 2.45) is 5.92 Å². The molecule has 16 heavy (non-hydrogen) atoms. The van der Waals surface area contributed by atoms with Crippen LogP contribution in [-0.2, 0) is 13.1 Å². The molecule has 0 aliphatic carbocycles. The molecule has 0 atom stereocenters. The predicted molar refractivity (Wildman–Crippen MR) is 63.0 cm³/mol. The fourth-order valence-electron chi connectivity index (χ4n) is 2.12. The molecular formula is C12H21N3O. The Balaban J connectivity index is 1.85. The molecule has 1 aromatic rings. The first-order chi connectivity index (χ1) is 7.53. The average molecular weight is 223 g/mol. The Morgan fingerprint density at radius 1 is 1.50 bits per heavy atom. The summed E-state index contributed by atoms with van der Waals surface area (Å²) in [5, 5.41) is 14.4.